The van der Waals surface area contributed by atoms with Crippen molar-refractivity contribution < 1.29 is 0 Å². The van der Waals surface area contributed by atoms with E-state index in [-0.39, 0.29) is 0 Å². The normalized spacial score (nSPS) is 10.1. The van der Waals surface area contributed by atoms with Crippen LogP contribution in [0.25, 0.3) is 0 Å². The van der Waals surface area contributed by atoms with Gasteiger partial charge in [0.15, 0.2) is 0 Å². The van der Waals surface area contributed by atoms with E-state index in [1.165, 1.54) is 0 Å². The Kier molecular flexibility index (Phi) is 2.79. The van der Waals surface area contributed by atoms with Crippen molar-refractivity contribution in [3.8, 4) is 0 Å². The Morgan fingerprint density at radius 1 is 1.08 bits per heavy atom. The van der Waals surface area contributed by atoms with Crippen LogP contribution in [0.3, 0.4) is 0 Å². The van der Waals surface area contributed by atoms with Gasteiger partial charge in [0.25, 0.3) is 0 Å². The number of nitrogens with zero attached hydrogens (tertiary/aromatic N) is 1. The van der Waals surface area contributed by atoms with Gasteiger partial charge in [-0.3, -0.25) is 0 Å². The van der Waals surface area contributed by atoms with Gasteiger partial charge in [0.05, 0.1) is 0 Å². The molecule has 0 saturated carbocycles. The minimum atomic E-state index is 0.573. The summed E-state index contributed by atoms with van der Waals surface area (Å²) in [7, 11) is 21.2. The maximum atomic E-state index is 5.83. The first kappa shape index (κ1) is 10.3. The minimum absolute atomic E-state index is 0.573. The van der Waals surface area contributed by atoms with Crippen LogP contribution in [0.5, 0.6) is 0 Å². The second kappa shape index (κ2) is 3.53. The summed E-state index contributed by atoms with van der Waals surface area (Å²) < 4.78 is 0. The monoisotopic (exact) mass is 165 g/mol. The van der Waals surface area contributed by atoms with Crippen molar-refractivity contribution in [3.05, 3.63) is 11.6 Å². The van der Waals surface area contributed by atoms with E-state index in [0.29, 0.717) is 16.4 Å². The average molecular weight is 165 g/mol. The molecule has 0 aliphatic carbocycles. The maximum Gasteiger partial charge on any atom is 0.115 e. The van der Waals surface area contributed by atoms with Gasteiger partial charge in [-0.25, -0.2) is 0 Å². The van der Waals surface area contributed by atoms with E-state index in [9.17, 15) is 0 Å². The van der Waals surface area contributed by atoms with Crippen LogP contribution < -0.4 is 21.3 Å². The number of rotatable bonds is 1. The summed E-state index contributed by atoms with van der Waals surface area (Å²) in [5.74, 6) is 0. The van der Waals surface area contributed by atoms with Gasteiger partial charge in [-0.15, -0.1) is 0 Å². The van der Waals surface area contributed by atoms with Gasteiger partial charge in [0.2, 0.25) is 0 Å². The third kappa shape index (κ3) is 1.77. The highest BCUT2D eigenvalue weighted by molar-refractivity contribution is 6.53. The topological polar surface area (TPSA) is 3.24 Å². The molecule has 0 bridgehead atoms. The van der Waals surface area contributed by atoms with E-state index in [1.54, 1.807) is 0 Å². The van der Waals surface area contributed by atoms with Gasteiger partial charge in [0.1, 0.15) is 23.5 Å². The third-order valence-corrected chi connectivity index (χ3v) is 2.18. The summed E-state index contributed by atoms with van der Waals surface area (Å²) in [5.41, 5.74) is 3.56. The molecule has 13 heavy (non-hydrogen) atoms. The molecule has 6 radical (unpaired) electrons. The van der Waals surface area contributed by atoms with Gasteiger partial charge in [-0.1, -0.05) is 22.0 Å². The Morgan fingerprint density at radius 2 is 1.62 bits per heavy atom. The lowest BCUT2D eigenvalue weighted by molar-refractivity contribution is 1.14. The molecular weight excluding hydrogens is 155 g/mol. The Morgan fingerprint density at radius 3 is 2.08 bits per heavy atom. The van der Waals surface area contributed by atoms with Crippen molar-refractivity contribution in [2.75, 3.05) is 19.0 Å². The lowest BCUT2D eigenvalue weighted by Gasteiger charge is -2.21. The Hall–Kier alpha value is -0.785. The van der Waals surface area contributed by atoms with E-state index in [4.69, 9.17) is 23.5 Å². The number of anilines is 1. The molecule has 0 aliphatic rings. The molecule has 0 spiro atoms. The van der Waals surface area contributed by atoms with E-state index in [1.807, 2.05) is 32.0 Å². The standard InChI is InChI=1S/C9H10B3N/c1-5-6(10)4-7(13(2)3)9(12)8(5)11/h4H,1-3H3. The molecule has 4 heteroatoms. The highest BCUT2D eigenvalue weighted by atomic mass is 15.1. The molecule has 1 aromatic rings. The first-order valence-corrected chi connectivity index (χ1v) is 4.06. The second-order valence-electron chi connectivity index (χ2n) is 3.33. The lowest BCUT2D eigenvalue weighted by atomic mass is 9.72. The van der Waals surface area contributed by atoms with Crippen LogP contribution in [0.4, 0.5) is 5.69 Å². The fraction of sp³-hybridized carbons (Fsp3) is 0.333. The molecule has 0 aromatic heterocycles. The summed E-state index contributed by atoms with van der Waals surface area (Å²) in [5, 5.41) is 0. The molecular formula is C9H10B3N. The highest BCUT2D eigenvalue weighted by Gasteiger charge is 2.06. The largest absolute Gasteiger partial charge is 0.378 e. The molecule has 0 heterocycles. The molecule has 0 amide bonds. The van der Waals surface area contributed by atoms with Crippen molar-refractivity contribution in [2.24, 2.45) is 0 Å². The van der Waals surface area contributed by atoms with Gasteiger partial charge in [-0.05, 0) is 13.0 Å². The molecule has 60 valence electrons. The Balaban J connectivity index is 3.41. The SMILES string of the molecule is [B]c1cc(N(C)C)c([B])c([B])c1C. The fourth-order valence-electron chi connectivity index (χ4n) is 1.20. The molecule has 1 rings (SSSR count). The van der Waals surface area contributed by atoms with Crippen LogP contribution >= 0.6 is 0 Å². The highest BCUT2D eigenvalue weighted by Crippen LogP contribution is 2.03. The van der Waals surface area contributed by atoms with Crippen LogP contribution in [0.15, 0.2) is 6.07 Å². The zero-order chi connectivity index (χ0) is 10.2. The van der Waals surface area contributed by atoms with E-state index < -0.39 is 0 Å². The van der Waals surface area contributed by atoms with Crippen LogP contribution in [-0.4, -0.2) is 37.6 Å². The fourth-order valence-corrected chi connectivity index (χ4v) is 1.20. The molecule has 1 aromatic carbocycles. The molecule has 0 atom stereocenters. The van der Waals surface area contributed by atoms with Crippen LogP contribution in [0.2, 0.25) is 0 Å². The smallest absolute Gasteiger partial charge is 0.115 e. The molecule has 0 unspecified atom stereocenters. The third-order valence-electron chi connectivity index (χ3n) is 2.18. The van der Waals surface area contributed by atoms with Crippen molar-refractivity contribution in [2.45, 2.75) is 6.92 Å². The zero-order valence-electron chi connectivity index (χ0n) is 8.26. The first-order chi connectivity index (χ1) is 5.95. The van der Waals surface area contributed by atoms with Crippen LogP contribution in [0, 0.1) is 6.92 Å². The lowest BCUT2D eigenvalue weighted by Crippen LogP contribution is -2.37. The van der Waals surface area contributed by atoms with Crippen molar-refractivity contribution in [1.29, 1.82) is 0 Å². The van der Waals surface area contributed by atoms with Gasteiger partial charge in [0, 0.05) is 19.8 Å². The van der Waals surface area contributed by atoms with E-state index in [0.717, 1.165) is 11.3 Å². The molecule has 0 fully saturated rings. The Bertz CT molecular complexity index is 334. The van der Waals surface area contributed by atoms with Crippen molar-refractivity contribution in [1.82, 2.24) is 0 Å². The summed E-state index contributed by atoms with van der Waals surface area (Å²) >= 11 is 0. The maximum absolute atomic E-state index is 5.83. The van der Waals surface area contributed by atoms with Crippen LogP contribution in [-0.2, 0) is 0 Å². The molecule has 0 N–H and O–H groups in total. The predicted molar refractivity (Wildman–Crippen MR) is 61.7 cm³/mol. The summed E-state index contributed by atoms with van der Waals surface area (Å²) in [6.07, 6.45) is 0. The number of benzene rings is 1. The van der Waals surface area contributed by atoms with E-state index in [2.05, 4.69) is 0 Å². The molecule has 1 nitrogen and oxygen atoms in total. The number of hydrogen-bond acceptors (Lipinski definition) is 1. The van der Waals surface area contributed by atoms with Crippen LogP contribution in [0.1, 0.15) is 5.56 Å². The van der Waals surface area contributed by atoms with E-state index >= 15 is 0 Å². The molecule has 0 aliphatic heterocycles. The first-order valence-electron chi connectivity index (χ1n) is 4.06. The van der Waals surface area contributed by atoms with Gasteiger partial charge in [-0.2, -0.15) is 0 Å². The number of hydrogen-bond donors (Lipinski definition) is 0. The van der Waals surface area contributed by atoms with Crippen molar-refractivity contribution in [3.63, 3.8) is 0 Å². The Labute approximate surface area is 83.7 Å². The zero-order valence-corrected chi connectivity index (χ0v) is 8.26. The van der Waals surface area contributed by atoms with Gasteiger partial charge >= 0.3 is 0 Å². The van der Waals surface area contributed by atoms with Gasteiger partial charge < -0.3 is 4.90 Å². The quantitative estimate of drug-likeness (QED) is 0.454. The molecule has 0 saturated heterocycles. The predicted octanol–water partition coefficient (Wildman–Crippen LogP) is -1.56. The summed E-state index contributed by atoms with van der Waals surface area (Å²) in [6, 6.07) is 1.83. The minimum Gasteiger partial charge on any atom is -0.378 e. The second-order valence-corrected chi connectivity index (χ2v) is 3.33. The summed E-state index contributed by atoms with van der Waals surface area (Å²) in [6.45, 7) is 1.86. The van der Waals surface area contributed by atoms with Crippen molar-refractivity contribution >= 4 is 45.6 Å². The average Bonchev–Trinajstić information content (AvgIpc) is 2.07. The summed E-state index contributed by atoms with van der Waals surface area (Å²) in [4.78, 5) is 1.89.